The number of amides is 2. The molecule has 35 heavy (non-hydrogen) atoms. The molecule has 0 radical (unpaired) electrons. The Kier molecular flexibility index (Phi) is 11.2. The molecule has 8 heteroatoms. The average molecular weight is 553 g/mol. The van der Waals surface area contributed by atoms with Gasteiger partial charge >= 0.3 is 5.97 Å². The van der Waals surface area contributed by atoms with Crippen LogP contribution in [0.15, 0.2) is 22.9 Å². The second kappa shape index (κ2) is 13.4. The summed E-state index contributed by atoms with van der Waals surface area (Å²) in [5, 5.41) is 3.04. The molecule has 0 bridgehead atoms. The summed E-state index contributed by atoms with van der Waals surface area (Å²) in [4.78, 5) is 46.1. The molecule has 3 unspecified atom stereocenters. The van der Waals surface area contributed by atoms with Crippen LogP contribution in [0.25, 0.3) is 0 Å². The first-order valence-corrected chi connectivity index (χ1v) is 13.6. The van der Waals surface area contributed by atoms with Crippen molar-refractivity contribution >= 4 is 33.7 Å². The number of aromatic nitrogens is 1. The predicted molar refractivity (Wildman–Crippen MR) is 140 cm³/mol. The summed E-state index contributed by atoms with van der Waals surface area (Å²) in [7, 11) is 0. The van der Waals surface area contributed by atoms with Crippen LogP contribution in [0.3, 0.4) is 0 Å². The van der Waals surface area contributed by atoms with Gasteiger partial charge in [-0.3, -0.25) is 19.4 Å². The highest BCUT2D eigenvalue weighted by molar-refractivity contribution is 9.10. The van der Waals surface area contributed by atoms with Crippen LogP contribution in [0, 0.1) is 17.8 Å². The van der Waals surface area contributed by atoms with E-state index >= 15 is 0 Å². The minimum atomic E-state index is -0.624. The van der Waals surface area contributed by atoms with Crippen LogP contribution in [-0.4, -0.2) is 45.9 Å². The largest absolute Gasteiger partial charge is 0.460 e. The molecular weight excluding hydrogens is 510 g/mol. The van der Waals surface area contributed by atoms with Crippen molar-refractivity contribution in [3.05, 3.63) is 28.5 Å². The number of hydrogen-bond acceptors (Lipinski definition) is 5. The number of hydrogen-bond donors (Lipinski definition) is 1. The zero-order valence-corrected chi connectivity index (χ0v) is 23.7. The Labute approximate surface area is 218 Å². The van der Waals surface area contributed by atoms with Gasteiger partial charge in [0.25, 0.3) is 0 Å². The Balaban J connectivity index is 2.21. The molecule has 1 aromatic heterocycles. The Morgan fingerprint density at radius 2 is 1.94 bits per heavy atom. The molecule has 0 spiro atoms. The molecular formula is C27H42BrN3O4. The number of pyridine rings is 1. The molecule has 1 N–H and O–H groups in total. The van der Waals surface area contributed by atoms with Crippen molar-refractivity contribution in [2.24, 2.45) is 17.8 Å². The molecule has 2 amide bonds. The van der Waals surface area contributed by atoms with Crippen molar-refractivity contribution in [3.63, 3.8) is 0 Å². The van der Waals surface area contributed by atoms with Crippen LogP contribution in [-0.2, 0) is 25.7 Å². The maximum atomic E-state index is 13.6. The van der Waals surface area contributed by atoms with Crippen LogP contribution < -0.4 is 5.32 Å². The highest BCUT2D eigenvalue weighted by Gasteiger charge is 2.38. The maximum absolute atomic E-state index is 13.6. The lowest BCUT2D eigenvalue weighted by molar-refractivity contribution is -0.164. The monoisotopic (exact) mass is 551 g/mol. The first kappa shape index (κ1) is 29.3. The fourth-order valence-corrected chi connectivity index (χ4v) is 4.98. The first-order chi connectivity index (χ1) is 16.4. The average Bonchev–Trinajstić information content (AvgIpc) is 2.91. The van der Waals surface area contributed by atoms with E-state index in [1.54, 1.807) is 17.3 Å². The van der Waals surface area contributed by atoms with Crippen molar-refractivity contribution in [2.45, 2.75) is 98.3 Å². The van der Waals surface area contributed by atoms with Gasteiger partial charge in [-0.05, 0) is 86.4 Å². The summed E-state index contributed by atoms with van der Waals surface area (Å²) in [6.45, 7) is 12.7. The molecule has 2 rings (SSSR count). The molecule has 7 nitrogen and oxygen atoms in total. The van der Waals surface area contributed by atoms with Gasteiger partial charge in [0.05, 0.1) is 11.8 Å². The number of halogens is 1. The number of likely N-dealkylation sites (tertiary alicyclic amines) is 1. The molecule has 0 aromatic carbocycles. The third-order valence-corrected chi connectivity index (χ3v) is 6.52. The van der Waals surface area contributed by atoms with Crippen molar-refractivity contribution in [1.29, 1.82) is 0 Å². The van der Waals surface area contributed by atoms with E-state index < -0.39 is 23.5 Å². The Morgan fingerprint density at radius 3 is 2.54 bits per heavy atom. The summed E-state index contributed by atoms with van der Waals surface area (Å²) in [6.07, 6.45) is 7.69. The van der Waals surface area contributed by atoms with E-state index in [4.69, 9.17) is 4.74 Å². The molecule has 0 aliphatic carbocycles. The van der Waals surface area contributed by atoms with Gasteiger partial charge in [-0.2, -0.15) is 0 Å². The van der Waals surface area contributed by atoms with Gasteiger partial charge in [0.15, 0.2) is 0 Å². The summed E-state index contributed by atoms with van der Waals surface area (Å²) in [5.41, 5.74) is 0.311. The summed E-state index contributed by atoms with van der Waals surface area (Å²) < 4.78 is 6.55. The van der Waals surface area contributed by atoms with Crippen molar-refractivity contribution < 1.29 is 19.1 Å². The highest BCUT2D eigenvalue weighted by Crippen LogP contribution is 2.29. The minimum Gasteiger partial charge on any atom is -0.460 e. The molecule has 1 aliphatic rings. The smallest absolute Gasteiger partial charge is 0.310 e. The number of rotatable bonds is 10. The number of nitrogens with one attached hydrogen (secondary N) is 1. The second-order valence-corrected chi connectivity index (χ2v) is 11.9. The fraction of sp³-hybridized carbons (Fsp3) is 0.704. The number of carbonyl (C=O) groups excluding carboxylic acids is 3. The van der Waals surface area contributed by atoms with E-state index in [0.717, 1.165) is 29.3 Å². The summed E-state index contributed by atoms with van der Waals surface area (Å²) >= 11 is 3.43. The van der Waals surface area contributed by atoms with E-state index in [1.165, 1.54) is 0 Å². The lowest BCUT2D eigenvalue weighted by atomic mass is 9.81. The van der Waals surface area contributed by atoms with Gasteiger partial charge in [0.1, 0.15) is 11.6 Å². The summed E-state index contributed by atoms with van der Waals surface area (Å²) in [5.74, 6) is -1.50. The molecule has 0 saturated carbocycles. The second-order valence-electron chi connectivity index (χ2n) is 11.0. The van der Waals surface area contributed by atoms with Gasteiger partial charge in [-0.15, -0.1) is 0 Å². The highest BCUT2D eigenvalue weighted by atomic mass is 79.9. The number of carbonyl (C=O) groups is 3. The van der Waals surface area contributed by atoms with Crippen LogP contribution in [0.5, 0.6) is 0 Å². The number of ether oxygens (including phenoxy) is 1. The Morgan fingerprint density at radius 1 is 1.23 bits per heavy atom. The van der Waals surface area contributed by atoms with E-state index in [2.05, 4.69) is 26.2 Å². The quantitative estimate of drug-likeness (QED) is 0.400. The van der Waals surface area contributed by atoms with Crippen LogP contribution in [0.1, 0.15) is 85.6 Å². The van der Waals surface area contributed by atoms with Gasteiger partial charge in [-0.1, -0.05) is 27.2 Å². The third kappa shape index (κ3) is 9.54. The maximum Gasteiger partial charge on any atom is 0.310 e. The molecule has 1 aromatic rings. The van der Waals surface area contributed by atoms with Crippen LogP contribution in [0.2, 0.25) is 0 Å². The van der Waals surface area contributed by atoms with E-state index in [-0.39, 0.29) is 23.7 Å². The van der Waals surface area contributed by atoms with Crippen LogP contribution in [0.4, 0.5) is 0 Å². The van der Waals surface area contributed by atoms with Gasteiger partial charge in [0, 0.05) is 30.0 Å². The molecule has 3 atom stereocenters. The van der Waals surface area contributed by atoms with Crippen molar-refractivity contribution in [2.75, 3.05) is 6.54 Å². The standard InChI is InChI=1S/C27H42BrN3O4/c1-7-10-21(26(34)35-27(4,5)6)22(13-18(2)3)24(32)30-23-11-8-9-12-31(25(23)33)17-19-14-20(28)16-29-15-19/h14-16,18,21-23H,7-13,17H2,1-6H3,(H,30,32). The lowest BCUT2D eigenvalue weighted by Crippen LogP contribution is -2.50. The zero-order chi connectivity index (χ0) is 26.2. The topological polar surface area (TPSA) is 88.6 Å². The van der Waals surface area contributed by atoms with Gasteiger partial charge in [0.2, 0.25) is 11.8 Å². The van der Waals surface area contributed by atoms with Gasteiger partial charge in [-0.25, -0.2) is 0 Å². The number of esters is 1. The Hall–Kier alpha value is -1.96. The molecule has 1 aliphatic heterocycles. The zero-order valence-electron chi connectivity index (χ0n) is 22.1. The normalized spacial score (nSPS) is 18.7. The predicted octanol–water partition coefficient (Wildman–Crippen LogP) is 5.26. The number of nitrogens with zero attached hydrogens (tertiary/aromatic N) is 2. The molecule has 1 fully saturated rings. The lowest BCUT2D eigenvalue weighted by Gasteiger charge is -2.31. The first-order valence-electron chi connectivity index (χ1n) is 12.8. The van der Waals surface area contributed by atoms with E-state index in [0.29, 0.717) is 32.4 Å². The fourth-order valence-electron chi connectivity index (χ4n) is 4.57. The molecule has 196 valence electrons. The minimum absolute atomic E-state index is 0.0802. The third-order valence-electron chi connectivity index (χ3n) is 6.09. The SMILES string of the molecule is CCCC(C(=O)OC(C)(C)C)C(CC(C)C)C(=O)NC1CCCCN(Cc2cncc(Br)c2)C1=O. The van der Waals surface area contributed by atoms with E-state index in [9.17, 15) is 14.4 Å². The summed E-state index contributed by atoms with van der Waals surface area (Å²) in [6, 6.07) is 1.36. The van der Waals surface area contributed by atoms with E-state index in [1.807, 2.05) is 47.6 Å². The molecule has 2 heterocycles. The Bertz CT molecular complexity index is 868. The van der Waals surface area contributed by atoms with Crippen molar-refractivity contribution in [3.8, 4) is 0 Å². The van der Waals surface area contributed by atoms with Crippen LogP contribution >= 0.6 is 15.9 Å². The van der Waals surface area contributed by atoms with Crippen molar-refractivity contribution in [1.82, 2.24) is 15.2 Å². The van der Waals surface area contributed by atoms with Gasteiger partial charge < -0.3 is 15.0 Å². The molecule has 1 saturated heterocycles.